The number of aliphatic hydroxyl groups is 1. The fraction of sp³-hybridized carbons (Fsp3) is 0.321. The maximum Gasteiger partial charge on any atom is 0.416 e. The van der Waals surface area contributed by atoms with Gasteiger partial charge in [0.2, 0.25) is 11.8 Å². The summed E-state index contributed by atoms with van der Waals surface area (Å²) in [5.41, 5.74) is 2.22. The molecule has 2 unspecified atom stereocenters. The lowest BCUT2D eigenvalue weighted by Gasteiger charge is -2.26. The summed E-state index contributed by atoms with van der Waals surface area (Å²) in [5, 5.41) is 19.6. The number of aryl methyl sites for hydroxylation is 1. The Hall–Kier alpha value is -4.03. The first-order valence-corrected chi connectivity index (χ1v) is 12.8. The molecule has 40 heavy (non-hydrogen) atoms. The topological polar surface area (TPSA) is 104 Å². The van der Waals surface area contributed by atoms with E-state index in [1.807, 2.05) is 0 Å². The largest absolute Gasteiger partial charge is 0.437 e. The van der Waals surface area contributed by atoms with Gasteiger partial charge in [-0.05, 0) is 36.8 Å². The van der Waals surface area contributed by atoms with Gasteiger partial charge in [-0.15, -0.1) is 0 Å². The van der Waals surface area contributed by atoms with Gasteiger partial charge in [0.25, 0.3) is 0 Å². The highest BCUT2D eigenvalue weighted by Gasteiger charge is 2.38. The summed E-state index contributed by atoms with van der Waals surface area (Å²) < 4.78 is 58.7. The molecule has 1 fully saturated rings. The first-order chi connectivity index (χ1) is 19.2. The number of pyridine rings is 1. The first kappa shape index (κ1) is 27.5. The minimum absolute atomic E-state index is 0.151. The summed E-state index contributed by atoms with van der Waals surface area (Å²) in [5.74, 6) is 1.11. The number of halogens is 4. The number of aliphatic hydroxyl groups excluding tert-OH is 1. The second-order valence-electron chi connectivity index (χ2n) is 9.61. The van der Waals surface area contributed by atoms with Crippen LogP contribution in [0.25, 0.3) is 22.0 Å². The Morgan fingerprint density at radius 2 is 1.88 bits per heavy atom. The van der Waals surface area contributed by atoms with Gasteiger partial charge in [0.15, 0.2) is 6.10 Å². The third kappa shape index (κ3) is 6.23. The number of alkyl halides is 4. The summed E-state index contributed by atoms with van der Waals surface area (Å²) in [7, 11) is 0. The third-order valence-corrected chi connectivity index (χ3v) is 6.58. The molecule has 3 heterocycles. The van der Waals surface area contributed by atoms with E-state index in [1.54, 1.807) is 67.8 Å². The molecule has 3 atom stereocenters. The molecule has 1 aliphatic heterocycles. The number of fused-ring (bicyclic) bond motifs is 1. The molecule has 5 rings (SSSR count). The van der Waals surface area contributed by atoms with Crippen LogP contribution in [0.3, 0.4) is 0 Å². The Morgan fingerprint density at radius 1 is 1.07 bits per heavy atom. The van der Waals surface area contributed by atoms with Gasteiger partial charge in [-0.3, -0.25) is 0 Å². The van der Waals surface area contributed by atoms with Gasteiger partial charge < -0.3 is 25.8 Å². The number of nitrogens with one attached hydrogen (secondary N) is 3. The molecule has 1 aliphatic rings. The minimum atomic E-state index is -4.73. The van der Waals surface area contributed by atoms with E-state index < -0.39 is 25.0 Å². The lowest BCUT2D eigenvalue weighted by Crippen LogP contribution is -2.44. The zero-order chi connectivity index (χ0) is 28.3. The van der Waals surface area contributed by atoms with Crippen LogP contribution >= 0.6 is 0 Å². The number of ether oxygens (including phenoxy) is 1. The highest BCUT2D eigenvalue weighted by molar-refractivity contribution is 5.99. The standard InChI is InChI=1S/C28H28F4N6O2/c1-16-11-23(36-15-24(39)28(30,31)32)19-5-2-3-6-20(19)25(16)40-26-21(7-4-9-34-26)22-8-10-35-27(38-22)37-18-12-17(29)13-33-14-18/h2-11,17-18,24,33,36,39H,12-15H2,1H3,(H,35,37,38)/t17-,18?,24?/m0/s1. The smallest absolute Gasteiger partial charge is 0.416 e. The minimum Gasteiger partial charge on any atom is -0.437 e. The van der Waals surface area contributed by atoms with Crippen LogP contribution < -0.4 is 20.7 Å². The van der Waals surface area contributed by atoms with Crippen molar-refractivity contribution in [2.24, 2.45) is 0 Å². The first-order valence-electron chi connectivity index (χ1n) is 12.8. The van der Waals surface area contributed by atoms with Crippen molar-refractivity contribution in [2.75, 3.05) is 30.3 Å². The van der Waals surface area contributed by atoms with Crippen LogP contribution in [0.15, 0.2) is 60.9 Å². The van der Waals surface area contributed by atoms with Gasteiger partial charge in [-0.2, -0.15) is 13.2 Å². The predicted octanol–water partition coefficient (Wildman–Crippen LogP) is 5.24. The van der Waals surface area contributed by atoms with Crippen molar-refractivity contribution in [1.82, 2.24) is 20.3 Å². The van der Waals surface area contributed by atoms with Crippen molar-refractivity contribution in [1.29, 1.82) is 0 Å². The van der Waals surface area contributed by atoms with Crippen LogP contribution in [0.1, 0.15) is 12.0 Å². The zero-order valence-electron chi connectivity index (χ0n) is 21.5. The van der Waals surface area contributed by atoms with Gasteiger partial charge in [0, 0.05) is 61.0 Å². The Morgan fingerprint density at radius 3 is 2.65 bits per heavy atom. The van der Waals surface area contributed by atoms with E-state index in [0.29, 0.717) is 64.5 Å². The second kappa shape index (κ2) is 11.6. The van der Waals surface area contributed by atoms with E-state index in [-0.39, 0.29) is 11.9 Å². The number of rotatable bonds is 8. The number of piperidine rings is 1. The van der Waals surface area contributed by atoms with Crippen molar-refractivity contribution >= 4 is 22.4 Å². The average molecular weight is 557 g/mol. The Kier molecular flexibility index (Phi) is 7.99. The SMILES string of the molecule is Cc1cc(NCC(O)C(F)(F)F)c2ccccc2c1Oc1ncccc1-c1ccnc(NC2CNC[C@@H](F)C2)n1. The summed E-state index contributed by atoms with van der Waals surface area (Å²) in [4.78, 5) is 13.3. The second-order valence-corrected chi connectivity index (χ2v) is 9.61. The van der Waals surface area contributed by atoms with Crippen LogP contribution in [0.2, 0.25) is 0 Å². The molecular formula is C28H28F4N6O2. The van der Waals surface area contributed by atoms with E-state index in [4.69, 9.17) is 4.74 Å². The molecule has 0 amide bonds. The van der Waals surface area contributed by atoms with E-state index in [2.05, 4.69) is 30.9 Å². The number of hydrogen-bond donors (Lipinski definition) is 4. The molecule has 0 radical (unpaired) electrons. The normalized spacial score (nSPS) is 18.4. The van der Waals surface area contributed by atoms with Crippen molar-refractivity contribution in [3.63, 3.8) is 0 Å². The molecule has 0 bridgehead atoms. The number of aromatic nitrogens is 3. The fourth-order valence-electron chi connectivity index (χ4n) is 4.62. The summed E-state index contributed by atoms with van der Waals surface area (Å²) >= 11 is 0. The van der Waals surface area contributed by atoms with Crippen molar-refractivity contribution < 1.29 is 27.4 Å². The molecule has 4 N–H and O–H groups in total. The molecular weight excluding hydrogens is 528 g/mol. The van der Waals surface area contributed by atoms with Crippen molar-refractivity contribution in [3.05, 3.63) is 66.5 Å². The lowest BCUT2D eigenvalue weighted by molar-refractivity contribution is -0.198. The number of benzene rings is 2. The van der Waals surface area contributed by atoms with Gasteiger partial charge in [-0.25, -0.2) is 19.3 Å². The fourth-order valence-corrected chi connectivity index (χ4v) is 4.62. The maximum atomic E-state index is 13.8. The third-order valence-electron chi connectivity index (χ3n) is 6.58. The summed E-state index contributed by atoms with van der Waals surface area (Å²) in [6, 6.07) is 13.9. The molecule has 8 nitrogen and oxygen atoms in total. The molecule has 2 aromatic carbocycles. The molecule has 2 aromatic heterocycles. The number of hydrogen-bond acceptors (Lipinski definition) is 8. The predicted molar refractivity (Wildman–Crippen MR) is 144 cm³/mol. The van der Waals surface area contributed by atoms with Crippen LogP contribution in [-0.2, 0) is 0 Å². The van der Waals surface area contributed by atoms with E-state index in [1.165, 1.54) is 0 Å². The maximum absolute atomic E-state index is 13.8. The molecule has 4 aromatic rings. The van der Waals surface area contributed by atoms with Gasteiger partial charge in [0.05, 0.1) is 11.3 Å². The van der Waals surface area contributed by atoms with Gasteiger partial charge in [-0.1, -0.05) is 24.3 Å². The number of anilines is 2. The number of nitrogens with zero attached hydrogens (tertiary/aromatic N) is 3. The summed E-state index contributed by atoms with van der Waals surface area (Å²) in [6.45, 7) is 2.01. The van der Waals surface area contributed by atoms with Crippen LogP contribution in [0.5, 0.6) is 11.6 Å². The molecule has 1 saturated heterocycles. The lowest BCUT2D eigenvalue weighted by atomic mass is 10.0. The van der Waals surface area contributed by atoms with E-state index in [9.17, 15) is 22.7 Å². The monoisotopic (exact) mass is 556 g/mol. The molecule has 210 valence electrons. The Labute approximate surface area is 227 Å². The van der Waals surface area contributed by atoms with E-state index >= 15 is 0 Å². The molecule has 0 spiro atoms. The highest BCUT2D eigenvalue weighted by Crippen LogP contribution is 2.39. The Bertz CT molecular complexity index is 1490. The molecule has 0 aliphatic carbocycles. The average Bonchev–Trinajstić information content (AvgIpc) is 2.93. The van der Waals surface area contributed by atoms with Crippen molar-refractivity contribution in [2.45, 2.75) is 37.8 Å². The quantitative estimate of drug-likeness (QED) is 0.219. The van der Waals surface area contributed by atoms with Crippen LogP contribution in [0, 0.1) is 6.92 Å². The summed E-state index contributed by atoms with van der Waals surface area (Å²) in [6.07, 6.45) is -4.63. The highest BCUT2D eigenvalue weighted by atomic mass is 19.4. The van der Waals surface area contributed by atoms with Crippen LogP contribution in [-0.4, -0.2) is 64.2 Å². The van der Waals surface area contributed by atoms with Gasteiger partial charge in [0.1, 0.15) is 11.9 Å². The van der Waals surface area contributed by atoms with E-state index in [0.717, 1.165) is 0 Å². The Balaban J connectivity index is 1.44. The molecule has 0 saturated carbocycles. The van der Waals surface area contributed by atoms with Gasteiger partial charge >= 0.3 is 6.18 Å². The zero-order valence-corrected chi connectivity index (χ0v) is 21.5. The van der Waals surface area contributed by atoms with Crippen molar-refractivity contribution in [3.8, 4) is 22.9 Å². The van der Waals surface area contributed by atoms with Crippen LogP contribution in [0.4, 0.5) is 29.2 Å². The molecule has 12 heteroatoms.